The minimum atomic E-state index is -4.52. The lowest BCUT2D eigenvalue weighted by molar-refractivity contribution is -0.137. The Morgan fingerprint density at radius 3 is 2.22 bits per heavy atom. The molecule has 2 aromatic carbocycles. The number of amides is 2. The van der Waals surface area contributed by atoms with Crippen LogP contribution in [-0.4, -0.2) is 23.0 Å². The molecule has 0 saturated heterocycles. The van der Waals surface area contributed by atoms with Gasteiger partial charge >= 0.3 is 6.18 Å². The first-order chi connectivity index (χ1) is 12.6. The Kier molecular flexibility index (Phi) is 6.82. The highest BCUT2D eigenvalue weighted by atomic mass is 127. The average molecular weight is 492 g/mol. The smallest absolute Gasteiger partial charge is 0.378 e. The van der Waals surface area contributed by atoms with E-state index >= 15 is 0 Å². The monoisotopic (exact) mass is 492 g/mol. The number of alkyl halides is 3. The fourth-order valence-electron chi connectivity index (χ4n) is 2.36. The molecule has 0 spiro atoms. The first-order valence-corrected chi connectivity index (χ1v) is 8.86. The van der Waals surface area contributed by atoms with Gasteiger partial charge in [-0.25, -0.2) is 0 Å². The molecule has 27 heavy (non-hydrogen) atoms. The number of nitrogens with two attached hydrogens (primary N) is 1. The van der Waals surface area contributed by atoms with Crippen molar-refractivity contribution < 1.29 is 27.9 Å². The normalized spacial score (nSPS) is 13.7. The third-order valence-corrected chi connectivity index (χ3v) is 4.90. The van der Waals surface area contributed by atoms with Crippen molar-refractivity contribution in [2.75, 3.05) is 0 Å². The maximum absolute atomic E-state index is 12.6. The molecule has 0 aliphatic rings. The molecule has 0 unspecified atom stereocenters. The van der Waals surface area contributed by atoms with Gasteiger partial charge in [-0.15, -0.1) is 0 Å². The van der Waals surface area contributed by atoms with Crippen LogP contribution >= 0.6 is 22.6 Å². The number of halogens is 4. The number of hydrogen-bond donors (Lipinski definition) is 3. The minimum Gasteiger partial charge on any atom is -0.378 e. The third kappa shape index (κ3) is 5.67. The van der Waals surface area contributed by atoms with Gasteiger partial charge in [-0.1, -0.05) is 30.3 Å². The summed E-state index contributed by atoms with van der Waals surface area (Å²) in [7, 11) is 0. The van der Waals surface area contributed by atoms with Gasteiger partial charge in [0.05, 0.1) is 5.56 Å². The van der Waals surface area contributed by atoms with Crippen LogP contribution in [-0.2, 0) is 22.2 Å². The second-order valence-corrected chi connectivity index (χ2v) is 6.94. The van der Waals surface area contributed by atoms with Gasteiger partial charge in [0.25, 0.3) is 5.91 Å². The molecule has 2 amide bonds. The summed E-state index contributed by atoms with van der Waals surface area (Å²) in [6.45, 7) is 0. The zero-order chi connectivity index (χ0) is 20.2. The highest BCUT2D eigenvalue weighted by molar-refractivity contribution is 14.1. The fraction of sp³-hybridized carbons (Fsp3) is 0.222. The summed E-state index contributed by atoms with van der Waals surface area (Å²) >= 11 is 2.08. The predicted octanol–water partition coefficient (Wildman–Crippen LogP) is 2.56. The highest BCUT2D eigenvalue weighted by Crippen LogP contribution is 2.30. The molecule has 9 heteroatoms. The number of carbonyl (C=O) groups is 2. The number of nitrogens with one attached hydrogen (secondary N) is 1. The largest absolute Gasteiger partial charge is 0.416 e. The molecule has 0 aliphatic carbocycles. The number of primary amides is 1. The van der Waals surface area contributed by atoms with E-state index in [1.807, 2.05) is 12.1 Å². The Labute approximate surface area is 166 Å². The standard InChI is InChI=1S/C18H16F3IN2O3/c19-18(20,21)12-7-5-10(6-8-12)15(25)17(27)24-14(16(23)26)9-11-3-1-2-4-13(11)22/h1-8,14-15,25H,9H2,(H2,23,26)(H,24,27)/t14-,15-/m0/s1. The SMILES string of the molecule is NC(=O)[C@H](Cc1ccccc1I)NC(=O)[C@@H](O)c1ccc(C(F)(F)F)cc1. The summed E-state index contributed by atoms with van der Waals surface area (Å²) in [5, 5.41) is 12.4. The molecular weight excluding hydrogens is 476 g/mol. The number of rotatable bonds is 6. The van der Waals surface area contributed by atoms with Crippen LogP contribution < -0.4 is 11.1 Å². The maximum atomic E-state index is 12.6. The van der Waals surface area contributed by atoms with E-state index in [2.05, 4.69) is 27.9 Å². The predicted molar refractivity (Wildman–Crippen MR) is 100 cm³/mol. The summed E-state index contributed by atoms with van der Waals surface area (Å²) in [6, 6.07) is 9.67. The van der Waals surface area contributed by atoms with Gasteiger partial charge in [0.1, 0.15) is 6.04 Å². The minimum absolute atomic E-state index is 0.0296. The molecule has 2 rings (SSSR count). The second-order valence-electron chi connectivity index (χ2n) is 5.78. The molecule has 0 bridgehead atoms. The second kappa shape index (κ2) is 8.70. The van der Waals surface area contributed by atoms with Crippen molar-refractivity contribution >= 4 is 34.4 Å². The van der Waals surface area contributed by atoms with Crippen molar-refractivity contribution in [1.82, 2.24) is 5.32 Å². The van der Waals surface area contributed by atoms with Crippen LogP contribution in [0.3, 0.4) is 0 Å². The van der Waals surface area contributed by atoms with Crippen molar-refractivity contribution in [3.8, 4) is 0 Å². The van der Waals surface area contributed by atoms with E-state index in [0.717, 1.165) is 33.4 Å². The fourth-order valence-corrected chi connectivity index (χ4v) is 2.97. The molecule has 0 fully saturated rings. The van der Waals surface area contributed by atoms with Crippen molar-refractivity contribution in [3.63, 3.8) is 0 Å². The summed E-state index contributed by atoms with van der Waals surface area (Å²) in [5.41, 5.74) is 5.18. The number of aliphatic hydroxyl groups excluding tert-OH is 1. The first kappa shape index (κ1) is 21.2. The van der Waals surface area contributed by atoms with Crippen LogP contribution in [0.4, 0.5) is 13.2 Å². The molecule has 0 radical (unpaired) electrons. The number of hydrogen-bond acceptors (Lipinski definition) is 3. The summed E-state index contributed by atoms with van der Waals surface area (Å²) < 4.78 is 38.6. The van der Waals surface area contributed by atoms with Gasteiger partial charge in [-0.3, -0.25) is 9.59 Å². The highest BCUT2D eigenvalue weighted by Gasteiger charge is 2.31. The van der Waals surface area contributed by atoms with E-state index in [9.17, 15) is 27.9 Å². The van der Waals surface area contributed by atoms with Gasteiger partial charge in [-0.2, -0.15) is 13.2 Å². The van der Waals surface area contributed by atoms with E-state index in [1.54, 1.807) is 12.1 Å². The van der Waals surface area contributed by atoms with E-state index < -0.39 is 35.7 Å². The Bertz CT molecular complexity index is 825. The zero-order valence-electron chi connectivity index (χ0n) is 13.8. The topological polar surface area (TPSA) is 92.4 Å². The molecule has 144 valence electrons. The van der Waals surface area contributed by atoms with E-state index in [-0.39, 0.29) is 12.0 Å². The Balaban J connectivity index is 2.10. The average Bonchev–Trinajstić information content (AvgIpc) is 2.61. The van der Waals surface area contributed by atoms with Crippen LogP contribution in [0.25, 0.3) is 0 Å². The molecule has 2 aromatic rings. The quantitative estimate of drug-likeness (QED) is 0.542. The molecule has 0 aromatic heterocycles. The van der Waals surface area contributed by atoms with E-state index in [4.69, 9.17) is 5.73 Å². The first-order valence-electron chi connectivity index (χ1n) is 7.78. The molecule has 0 saturated carbocycles. The van der Waals surface area contributed by atoms with Gasteiger partial charge < -0.3 is 16.2 Å². The van der Waals surface area contributed by atoms with Crippen LogP contribution in [0.2, 0.25) is 0 Å². The zero-order valence-corrected chi connectivity index (χ0v) is 16.0. The molecule has 4 N–H and O–H groups in total. The Hall–Kier alpha value is -2.14. The van der Waals surface area contributed by atoms with Crippen LogP contribution in [0.5, 0.6) is 0 Å². The van der Waals surface area contributed by atoms with Crippen molar-refractivity contribution in [3.05, 3.63) is 68.8 Å². The molecule has 0 heterocycles. The lowest BCUT2D eigenvalue weighted by Crippen LogP contribution is -2.47. The van der Waals surface area contributed by atoms with Gasteiger partial charge in [0, 0.05) is 9.99 Å². The van der Waals surface area contributed by atoms with Gasteiger partial charge in [0.15, 0.2) is 6.10 Å². The van der Waals surface area contributed by atoms with Crippen LogP contribution in [0.15, 0.2) is 48.5 Å². The molecule has 5 nitrogen and oxygen atoms in total. The van der Waals surface area contributed by atoms with Crippen molar-refractivity contribution in [1.29, 1.82) is 0 Å². The molecule has 2 atom stereocenters. The number of benzene rings is 2. The van der Waals surface area contributed by atoms with Crippen molar-refractivity contribution in [2.45, 2.75) is 24.7 Å². The Morgan fingerprint density at radius 2 is 1.70 bits per heavy atom. The summed E-state index contributed by atoms with van der Waals surface area (Å²) in [6.07, 6.45) is -6.13. The number of aliphatic hydroxyl groups is 1. The van der Waals surface area contributed by atoms with Crippen molar-refractivity contribution in [2.24, 2.45) is 5.73 Å². The summed E-state index contributed by atoms with van der Waals surface area (Å²) in [4.78, 5) is 23.9. The van der Waals surface area contributed by atoms with Gasteiger partial charge in [0.2, 0.25) is 5.91 Å². The van der Waals surface area contributed by atoms with Crippen LogP contribution in [0, 0.1) is 3.57 Å². The van der Waals surface area contributed by atoms with E-state index in [0.29, 0.717) is 0 Å². The third-order valence-electron chi connectivity index (χ3n) is 3.84. The maximum Gasteiger partial charge on any atom is 0.416 e. The summed E-state index contributed by atoms with van der Waals surface area (Å²) in [5.74, 6) is -1.72. The molecular formula is C18H16F3IN2O3. The lowest BCUT2D eigenvalue weighted by atomic mass is 10.0. The Morgan fingerprint density at radius 1 is 1.11 bits per heavy atom. The lowest BCUT2D eigenvalue weighted by Gasteiger charge is -2.19. The number of carbonyl (C=O) groups excluding carboxylic acids is 2. The van der Waals surface area contributed by atoms with Crippen LogP contribution in [0.1, 0.15) is 22.8 Å². The van der Waals surface area contributed by atoms with Gasteiger partial charge in [-0.05, 0) is 51.9 Å². The van der Waals surface area contributed by atoms with E-state index in [1.165, 1.54) is 0 Å². The molecule has 0 aliphatic heterocycles.